The van der Waals surface area contributed by atoms with E-state index in [-0.39, 0.29) is 5.57 Å². The number of benzene rings is 1. The molecule has 0 fully saturated rings. The first-order valence-corrected chi connectivity index (χ1v) is 4.32. The molecule has 0 atom stereocenters. The second-order valence-corrected chi connectivity index (χ2v) is 2.81. The van der Waals surface area contributed by atoms with Gasteiger partial charge in [0.2, 0.25) is 0 Å². The van der Waals surface area contributed by atoms with Crippen molar-refractivity contribution in [2.24, 2.45) is 0 Å². The van der Waals surface area contributed by atoms with Gasteiger partial charge in [-0.3, -0.25) is 0 Å². The molecule has 0 spiro atoms. The molecule has 0 aliphatic rings. The number of aliphatic hydroxyl groups excluding tert-OH is 1. The van der Waals surface area contributed by atoms with Gasteiger partial charge in [-0.25, -0.2) is 4.79 Å². The maximum Gasteiger partial charge on any atom is 0.330 e. The van der Waals surface area contributed by atoms with Crippen LogP contribution in [0, 0.1) is 0 Å². The monoisotopic (exact) mass is 206 g/mol. The van der Waals surface area contributed by atoms with E-state index in [0.29, 0.717) is 0 Å². The van der Waals surface area contributed by atoms with Crippen LogP contribution in [0.25, 0.3) is 6.08 Å². The first-order chi connectivity index (χ1) is 7.07. The first kappa shape index (κ1) is 13.0. The summed E-state index contributed by atoms with van der Waals surface area (Å²) in [6.07, 6.45) is 2.68. The predicted octanol–water partition coefficient (Wildman–Crippen LogP) is 2.86. The van der Waals surface area contributed by atoms with Crippen LogP contribution in [0.3, 0.4) is 0 Å². The second-order valence-electron chi connectivity index (χ2n) is 2.81. The minimum absolute atomic E-state index is 0.176. The Morgan fingerprint density at radius 1 is 1.33 bits per heavy atom. The van der Waals surface area contributed by atoms with E-state index >= 15 is 0 Å². The summed E-state index contributed by atoms with van der Waals surface area (Å²) in [5.74, 6) is -0.935. The Balaban J connectivity index is 0.000000288. The van der Waals surface area contributed by atoms with Gasteiger partial charge in [0.15, 0.2) is 0 Å². The number of aliphatic carboxylic acids is 1. The molecule has 1 rings (SSSR count). The lowest BCUT2D eigenvalue weighted by Crippen LogP contribution is -1.92. The Morgan fingerprint density at radius 3 is 2.13 bits per heavy atom. The lowest BCUT2D eigenvalue weighted by atomic mass is 10.2. The average molecular weight is 206 g/mol. The number of carboxylic acids is 1. The molecule has 0 saturated heterocycles. The summed E-state index contributed by atoms with van der Waals surface area (Å²) in [5, 5.41) is 16.2. The molecule has 15 heavy (non-hydrogen) atoms. The van der Waals surface area contributed by atoms with E-state index in [1.807, 2.05) is 30.3 Å². The van der Waals surface area contributed by atoms with Crippen molar-refractivity contribution in [2.75, 3.05) is 0 Å². The Kier molecular flexibility index (Phi) is 6.38. The highest BCUT2D eigenvalue weighted by Crippen LogP contribution is 1.98. The van der Waals surface area contributed by atoms with E-state index in [2.05, 4.69) is 6.58 Å². The molecule has 0 aromatic heterocycles. The summed E-state index contributed by atoms with van der Waals surface area (Å²) < 4.78 is 0. The highest BCUT2D eigenvalue weighted by atomic mass is 16.4. The van der Waals surface area contributed by atoms with Gasteiger partial charge in [-0.15, -0.1) is 0 Å². The van der Waals surface area contributed by atoms with E-state index in [4.69, 9.17) is 10.2 Å². The van der Waals surface area contributed by atoms with Gasteiger partial charge in [0, 0.05) is 5.57 Å². The summed E-state index contributed by atoms with van der Waals surface area (Å²) >= 11 is 0. The van der Waals surface area contributed by atoms with Gasteiger partial charge in [-0.2, -0.15) is 0 Å². The smallest absolute Gasteiger partial charge is 0.330 e. The molecular weight excluding hydrogens is 192 g/mol. The fraction of sp³-hybridized carbons (Fsp3) is 0.0833. The van der Waals surface area contributed by atoms with Crippen LogP contribution in [0.4, 0.5) is 0 Å². The predicted molar refractivity (Wildman–Crippen MR) is 60.6 cm³/mol. The minimum Gasteiger partial charge on any atom is -0.516 e. The van der Waals surface area contributed by atoms with Gasteiger partial charge in [0.05, 0.1) is 6.26 Å². The molecule has 0 radical (unpaired) electrons. The molecular formula is C12H14O3. The highest BCUT2D eigenvalue weighted by Gasteiger charge is 1.90. The molecule has 0 saturated carbocycles. The van der Waals surface area contributed by atoms with E-state index in [1.165, 1.54) is 6.92 Å². The third-order valence-electron chi connectivity index (χ3n) is 1.43. The molecule has 0 bridgehead atoms. The molecule has 0 aliphatic heterocycles. The number of hydrogen-bond acceptors (Lipinski definition) is 2. The summed E-state index contributed by atoms with van der Waals surface area (Å²) in [6.45, 7) is 4.60. The quantitative estimate of drug-likeness (QED) is 0.577. The molecule has 0 unspecified atom stereocenters. The zero-order valence-electron chi connectivity index (χ0n) is 8.55. The minimum atomic E-state index is -0.935. The SMILES string of the molecule is C=C(C)C(=O)O.OC=Cc1ccccc1. The van der Waals surface area contributed by atoms with E-state index in [9.17, 15) is 4.79 Å². The third kappa shape index (κ3) is 7.07. The first-order valence-electron chi connectivity index (χ1n) is 4.32. The molecule has 3 nitrogen and oxygen atoms in total. The van der Waals surface area contributed by atoms with Crippen molar-refractivity contribution in [3.63, 3.8) is 0 Å². The summed E-state index contributed by atoms with van der Waals surface area (Å²) in [4.78, 5) is 9.60. The average Bonchev–Trinajstić information content (AvgIpc) is 2.20. The molecule has 0 heterocycles. The Bertz CT molecular complexity index is 327. The fourth-order valence-corrected chi connectivity index (χ4v) is 0.650. The van der Waals surface area contributed by atoms with Crippen molar-refractivity contribution in [2.45, 2.75) is 6.92 Å². The molecule has 1 aromatic carbocycles. The van der Waals surface area contributed by atoms with Crippen molar-refractivity contribution in [1.82, 2.24) is 0 Å². The number of rotatable bonds is 2. The summed E-state index contributed by atoms with van der Waals surface area (Å²) in [7, 11) is 0. The van der Waals surface area contributed by atoms with Gasteiger partial charge in [0.25, 0.3) is 0 Å². The molecule has 0 amide bonds. The molecule has 3 heteroatoms. The van der Waals surface area contributed by atoms with Gasteiger partial charge in [-0.1, -0.05) is 36.9 Å². The molecule has 1 aromatic rings. The number of aliphatic hydroxyl groups is 1. The Hall–Kier alpha value is -2.03. The number of carbonyl (C=O) groups is 1. The third-order valence-corrected chi connectivity index (χ3v) is 1.43. The van der Waals surface area contributed by atoms with Crippen LogP contribution in [0.1, 0.15) is 12.5 Å². The number of carboxylic acid groups (broad SMARTS) is 1. The second kappa shape index (κ2) is 7.38. The van der Waals surface area contributed by atoms with Crippen molar-refractivity contribution in [3.8, 4) is 0 Å². The van der Waals surface area contributed by atoms with E-state index < -0.39 is 5.97 Å². The number of hydrogen-bond donors (Lipinski definition) is 2. The van der Waals surface area contributed by atoms with Crippen LogP contribution in [0.15, 0.2) is 48.7 Å². The molecule has 80 valence electrons. The van der Waals surface area contributed by atoms with Gasteiger partial charge in [0.1, 0.15) is 0 Å². The van der Waals surface area contributed by atoms with Crippen LogP contribution in [-0.4, -0.2) is 16.2 Å². The Morgan fingerprint density at radius 2 is 1.80 bits per heavy atom. The Labute approximate surface area is 89.0 Å². The van der Waals surface area contributed by atoms with E-state index in [1.54, 1.807) is 6.08 Å². The normalized spacial score (nSPS) is 9.13. The summed E-state index contributed by atoms with van der Waals surface area (Å²) in [6, 6.07) is 9.64. The lowest BCUT2D eigenvalue weighted by molar-refractivity contribution is -0.132. The van der Waals surface area contributed by atoms with Crippen molar-refractivity contribution in [1.29, 1.82) is 0 Å². The lowest BCUT2D eigenvalue weighted by Gasteiger charge is -1.86. The van der Waals surface area contributed by atoms with Crippen molar-refractivity contribution < 1.29 is 15.0 Å². The van der Waals surface area contributed by atoms with Gasteiger partial charge < -0.3 is 10.2 Å². The molecule has 2 N–H and O–H groups in total. The van der Waals surface area contributed by atoms with E-state index in [0.717, 1.165) is 11.8 Å². The largest absolute Gasteiger partial charge is 0.516 e. The van der Waals surface area contributed by atoms with Crippen LogP contribution >= 0.6 is 0 Å². The van der Waals surface area contributed by atoms with Gasteiger partial charge >= 0.3 is 5.97 Å². The highest BCUT2D eigenvalue weighted by molar-refractivity contribution is 5.84. The van der Waals surface area contributed by atoms with Gasteiger partial charge in [-0.05, 0) is 18.6 Å². The van der Waals surface area contributed by atoms with Crippen LogP contribution in [0.2, 0.25) is 0 Å². The van der Waals surface area contributed by atoms with Crippen molar-refractivity contribution in [3.05, 3.63) is 54.3 Å². The van der Waals surface area contributed by atoms with Crippen LogP contribution in [0.5, 0.6) is 0 Å². The molecule has 0 aliphatic carbocycles. The topological polar surface area (TPSA) is 57.5 Å². The fourth-order valence-electron chi connectivity index (χ4n) is 0.650. The zero-order chi connectivity index (χ0) is 11.7. The zero-order valence-corrected chi connectivity index (χ0v) is 8.55. The van der Waals surface area contributed by atoms with Crippen LogP contribution < -0.4 is 0 Å². The summed E-state index contributed by atoms with van der Waals surface area (Å²) in [5.41, 5.74) is 1.19. The maximum absolute atomic E-state index is 9.60. The maximum atomic E-state index is 9.60. The van der Waals surface area contributed by atoms with Crippen molar-refractivity contribution >= 4 is 12.0 Å². The standard InChI is InChI=1S/C8H8O.C4H6O2/c9-7-6-8-4-2-1-3-5-8;1-3(2)4(5)6/h1-7,9H;1H2,2H3,(H,5,6). The van der Waals surface area contributed by atoms with Crippen LogP contribution in [-0.2, 0) is 4.79 Å².